The van der Waals surface area contributed by atoms with Crippen molar-refractivity contribution < 1.29 is 0 Å². The Morgan fingerprint density at radius 2 is 1.78 bits per heavy atom. The first-order valence-electron chi connectivity index (χ1n) is 9.31. The van der Waals surface area contributed by atoms with Gasteiger partial charge in [0.05, 0.1) is 5.69 Å². The van der Waals surface area contributed by atoms with E-state index in [-0.39, 0.29) is 11.6 Å². The van der Waals surface area contributed by atoms with Crippen LogP contribution in [0, 0.1) is 13.8 Å². The second-order valence-corrected chi connectivity index (χ2v) is 7.17. The molecule has 0 amide bonds. The third-order valence-electron chi connectivity index (χ3n) is 5.00. The smallest absolute Gasteiger partial charge is 0.340 e. The molecule has 7 heteroatoms. The van der Waals surface area contributed by atoms with Crippen molar-refractivity contribution in [3.05, 3.63) is 64.1 Å². The van der Waals surface area contributed by atoms with E-state index in [0.717, 1.165) is 54.8 Å². The molecule has 0 aliphatic carbocycles. The van der Waals surface area contributed by atoms with Crippen molar-refractivity contribution in [1.29, 1.82) is 0 Å². The lowest BCUT2D eigenvalue weighted by atomic mass is 9.97. The quantitative estimate of drug-likeness (QED) is 0.714. The Hall–Kier alpha value is -2.96. The molecule has 7 nitrogen and oxygen atoms in total. The SMILES string of the molecule is Cc1cc(C)nc(N2CCCC(c3nn(C)c(=O)n3-c3ccccc3)C2)n1. The number of aromatic nitrogens is 5. The van der Waals surface area contributed by atoms with Gasteiger partial charge in [-0.05, 0) is 44.9 Å². The van der Waals surface area contributed by atoms with Crippen molar-refractivity contribution in [2.75, 3.05) is 18.0 Å². The summed E-state index contributed by atoms with van der Waals surface area (Å²) in [5.74, 6) is 1.72. The molecule has 1 fully saturated rings. The molecule has 1 aliphatic heterocycles. The van der Waals surface area contributed by atoms with E-state index in [1.807, 2.05) is 50.2 Å². The molecule has 0 bridgehead atoms. The second kappa shape index (κ2) is 6.98. The van der Waals surface area contributed by atoms with E-state index in [1.165, 1.54) is 4.68 Å². The molecule has 1 atom stereocenters. The molecule has 3 heterocycles. The minimum Gasteiger partial charge on any atom is -0.340 e. The molecule has 0 saturated carbocycles. The summed E-state index contributed by atoms with van der Waals surface area (Å²) in [5.41, 5.74) is 2.68. The van der Waals surface area contributed by atoms with Crippen molar-refractivity contribution in [1.82, 2.24) is 24.3 Å². The van der Waals surface area contributed by atoms with E-state index in [4.69, 9.17) is 0 Å². The zero-order valence-electron chi connectivity index (χ0n) is 16.0. The first-order chi connectivity index (χ1) is 13.0. The number of hydrogen-bond donors (Lipinski definition) is 0. The average molecular weight is 364 g/mol. The van der Waals surface area contributed by atoms with Crippen LogP contribution in [0.25, 0.3) is 5.69 Å². The van der Waals surface area contributed by atoms with Gasteiger partial charge in [0, 0.05) is 37.4 Å². The maximum Gasteiger partial charge on any atom is 0.350 e. The minimum absolute atomic E-state index is 0.115. The van der Waals surface area contributed by atoms with E-state index < -0.39 is 0 Å². The Kier molecular flexibility index (Phi) is 4.51. The van der Waals surface area contributed by atoms with Gasteiger partial charge in [0.15, 0.2) is 0 Å². The molecule has 1 saturated heterocycles. The zero-order chi connectivity index (χ0) is 19.0. The van der Waals surface area contributed by atoms with Crippen LogP contribution in [0.5, 0.6) is 0 Å². The van der Waals surface area contributed by atoms with Crippen LogP contribution < -0.4 is 10.6 Å². The first-order valence-corrected chi connectivity index (χ1v) is 9.31. The van der Waals surface area contributed by atoms with Gasteiger partial charge in [-0.25, -0.2) is 24.0 Å². The highest BCUT2D eigenvalue weighted by Crippen LogP contribution is 2.28. The van der Waals surface area contributed by atoms with Crippen molar-refractivity contribution in [3.63, 3.8) is 0 Å². The molecule has 1 aromatic carbocycles. The van der Waals surface area contributed by atoms with Crippen LogP contribution in [-0.2, 0) is 7.05 Å². The summed E-state index contributed by atoms with van der Waals surface area (Å²) in [6.45, 7) is 5.66. The van der Waals surface area contributed by atoms with Gasteiger partial charge in [-0.3, -0.25) is 0 Å². The van der Waals surface area contributed by atoms with Crippen LogP contribution >= 0.6 is 0 Å². The van der Waals surface area contributed by atoms with Gasteiger partial charge in [-0.15, -0.1) is 0 Å². The second-order valence-electron chi connectivity index (χ2n) is 7.17. The number of hydrogen-bond acceptors (Lipinski definition) is 5. The van der Waals surface area contributed by atoms with Crippen LogP contribution in [0.15, 0.2) is 41.2 Å². The first kappa shape index (κ1) is 17.5. The summed E-state index contributed by atoms with van der Waals surface area (Å²) >= 11 is 0. The lowest BCUT2D eigenvalue weighted by molar-refractivity contribution is 0.477. The van der Waals surface area contributed by atoms with Gasteiger partial charge in [0.2, 0.25) is 5.95 Å². The van der Waals surface area contributed by atoms with E-state index in [0.29, 0.717) is 0 Å². The number of benzene rings is 1. The molecule has 1 unspecified atom stereocenters. The molecule has 27 heavy (non-hydrogen) atoms. The molecule has 4 rings (SSSR count). The Balaban J connectivity index is 1.70. The van der Waals surface area contributed by atoms with Crippen molar-refractivity contribution in [3.8, 4) is 5.69 Å². The zero-order valence-corrected chi connectivity index (χ0v) is 16.0. The Morgan fingerprint density at radius 3 is 2.48 bits per heavy atom. The van der Waals surface area contributed by atoms with E-state index >= 15 is 0 Å². The Labute approximate surface area is 158 Å². The molecular weight excluding hydrogens is 340 g/mol. The molecular formula is C20H24N6O. The predicted octanol–water partition coefficient (Wildman–Crippen LogP) is 2.36. The maximum atomic E-state index is 12.7. The summed E-state index contributed by atoms with van der Waals surface area (Å²) < 4.78 is 3.16. The highest BCUT2D eigenvalue weighted by atomic mass is 16.2. The summed E-state index contributed by atoms with van der Waals surface area (Å²) in [7, 11) is 1.71. The van der Waals surface area contributed by atoms with Gasteiger partial charge in [-0.1, -0.05) is 18.2 Å². The van der Waals surface area contributed by atoms with Crippen LogP contribution in [0.2, 0.25) is 0 Å². The molecule has 140 valence electrons. The Bertz CT molecular complexity index is 987. The molecule has 3 aromatic rings. The number of para-hydroxylation sites is 1. The number of nitrogens with zero attached hydrogens (tertiary/aromatic N) is 6. The van der Waals surface area contributed by atoms with Gasteiger partial charge in [-0.2, -0.15) is 5.10 Å². The third kappa shape index (κ3) is 3.37. The fourth-order valence-electron chi connectivity index (χ4n) is 3.79. The summed E-state index contributed by atoms with van der Waals surface area (Å²) in [6.07, 6.45) is 2.01. The topological polar surface area (TPSA) is 68.8 Å². The summed E-state index contributed by atoms with van der Waals surface area (Å²) in [5, 5.41) is 4.57. The normalized spacial score (nSPS) is 17.3. The third-order valence-corrected chi connectivity index (χ3v) is 5.00. The molecule has 2 aromatic heterocycles. The molecule has 0 N–H and O–H groups in total. The van der Waals surface area contributed by atoms with Crippen molar-refractivity contribution in [2.45, 2.75) is 32.6 Å². The summed E-state index contributed by atoms with van der Waals surface area (Å²) in [6, 6.07) is 11.7. The molecule has 0 radical (unpaired) electrons. The van der Waals surface area contributed by atoms with E-state index in [2.05, 4.69) is 20.0 Å². The molecule has 1 aliphatic rings. The summed E-state index contributed by atoms with van der Waals surface area (Å²) in [4.78, 5) is 24.1. The largest absolute Gasteiger partial charge is 0.350 e. The van der Waals surface area contributed by atoms with Crippen LogP contribution in [0.3, 0.4) is 0 Å². The van der Waals surface area contributed by atoms with Crippen molar-refractivity contribution in [2.24, 2.45) is 7.05 Å². The van der Waals surface area contributed by atoms with Gasteiger partial charge in [0.1, 0.15) is 5.82 Å². The van der Waals surface area contributed by atoms with E-state index in [1.54, 1.807) is 11.6 Å². The number of piperidine rings is 1. The van der Waals surface area contributed by atoms with Crippen LogP contribution in [0.1, 0.15) is 36.0 Å². The fourth-order valence-corrected chi connectivity index (χ4v) is 3.79. The average Bonchev–Trinajstić information content (AvgIpc) is 2.97. The number of aryl methyl sites for hydroxylation is 3. The minimum atomic E-state index is -0.115. The van der Waals surface area contributed by atoms with Crippen LogP contribution in [-0.4, -0.2) is 37.4 Å². The highest BCUT2D eigenvalue weighted by Gasteiger charge is 2.28. The van der Waals surface area contributed by atoms with Crippen molar-refractivity contribution >= 4 is 5.95 Å². The lowest BCUT2D eigenvalue weighted by Crippen LogP contribution is -2.37. The standard InChI is InChI=1S/C20H24N6O/c1-14-12-15(2)22-19(21-14)25-11-7-8-16(13-25)18-23-24(3)20(27)26(18)17-9-5-4-6-10-17/h4-6,9-10,12,16H,7-8,11,13H2,1-3H3. The van der Waals surface area contributed by atoms with Gasteiger partial charge in [0.25, 0.3) is 0 Å². The van der Waals surface area contributed by atoms with E-state index in [9.17, 15) is 4.79 Å². The lowest BCUT2D eigenvalue weighted by Gasteiger charge is -2.32. The van der Waals surface area contributed by atoms with Gasteiger partial charge < -0.3 is 4.90 Å². The number of rotatable bonds is 3. The number of anilines is 1. The molecule has 0 spiro atoms. The maximum absolute atomic E-state index is 12.7. The predicted molar refractivity (Wildman–Crippen MR) is 104 cm³/mol. The van der Waals surface area contributed by atoms with Crippen LogP contribution in [0.4, 0.5) is 5.95 Å². The van der Waals surface area contributed by atoms with Gasteiger partial charge >= 0.3 is 5.69 Å². The fraction of sp³-hybridized carbons (Fsp3) is 0.400. The Morgan fingerprint density at radius 1 is 1.07 bits per heavy atom. The monoisotopic (exact) mass is 364 g/mol. The highest BCUT2D eigenvalue weighted by molar-refractivity contribution is 5.36.